The first kappa shape index (κ1) is 23.0. The lowest BCUT2D eigenvalue weighted by Crippen LogP contribution is -2.46. The summed E-state index contributed by atoms with van der Waals surface area (Å²) in [6.45, 7) is 1.46. The Morgan fingerprint density at radius 2 is 1.59 bits per heavy atom. The van der Waals surface area contributed by atoms with Gasteiger partial charge in [-0.2, -0.15) is 5.10 Å². The number of amides is 1. The van der Waals surface area contributed by atoms with Crippen LogP contribution in [-0.4, -0.2) is 32.8 Å². The van der Waals surface area contributed by atoms with Gasteiger partial charge in [0.05, 0.1) is 18.2 Å². The van der Waals surface area contributed by atoms with Crippen LogP contribution in [0.15, 0.2) is 84.0 Å². The maximum atomic E-state index is 13.0. The predicted octanol–water partition coefficient (Wildman–Crippen LogP) is 3.92. The molecule has 0 bridgehead atoms. The lowest BCUT2D eigenvalue weighted by Gasteiger charge is -2.27. The number of para-hydroxylation sites is 1. The maximum Gasteiger partial charge on any atom is 0.263 e. The highest BCUT2D eigenvalue weighted by Crippen LogP contribution is 2.26. The summed E-state index contributed by atoms with van der Waals surface area (Å²) >= 11 is 0. The van der Waals surface area contributed by atoms with E-state index in [1.807, 2.05) is 18.2 Å². The smallest absolute Gasteiger partial charge is 0.263 e. The number of nitrogens with one attached hydrogen (secondary N) is 1. The van der Waals surface area contributed by atoms with Crippen LogP contribution >= 0.6 is 0 Å². The number of halogens is 1. The third-order valence-electron chi connectivity index (χ3n) is 4.42. The normalized spacial score (nSPS) is 12.3. The van der Waals surface area contributed by atoms with E-state index in [0.29, 0.717) is 22.7 Å². The Labute approximate surface area is 186 Å². The third kappa shape index (κ3) is 6.14. The summed E-state index contributed by atoms with van der Waals surface area (Å²) < 4.78 is 44.5. The molecule has 32 heavy (non-hydrogen) atoms. The summed E-state index contributed by atoms with van der Waals surface area (Å²) in [6, 6.07) is 20.0. The van der Waals surface area contributed by atoms with Gasteiger partial charge in [-0.05, 0) is 61.0 Å². The number of hydrazone groups is 1. The molecule has 7 nitrogen and oxygen atoms in total. The number of carbonyl (C=O) groups excluding carboxylic acids is 1. The fourth-order valence-corrected chi connectivity index (χ4v) is 4.08. The molecular formula is C23H22FN3O4S. The van der Waals surface area contributed by atoms with Crippen molar-refractivity contribution in [3.05, 3.63) is 90.2 Å². The standard InChI is InChI=1S/C23H22FN3O4S/c1-17(23(28)26-25-16-18-8-10-19(24)11-9-18)27(32(2,29)30)20-12-14-22(15-13-20)31-21-6-4-3-5-7-21/h3-17H,1-2H3,(H,26,28)/b25-16-/t17-/m1/s1. The highest BCUT2D eigenvalue weighted by atomic mass is 32.2. The van der Waals surface area contributed by atoms with Gasteiger partial charge in [-0.3, -0.25) is 9.10 Å². The Balaban J connectivity index is 1.72. The van der Waals surface area contributed by atoms with E-state index in [4.69, 9.17) is 4.74 Å². The predicted molar refractivity (Wildman–Crippen MR) is 122 cm³/mol. The van der Waals surface area contributed by atoms with Crippen LogP contribution in [0.3, 0.4) is 0 Å². The summed E-state index contributed by atoms with van der Waals surface area (Å²) in [7, 11) is -3.78. The van der Waals surface area contributed by atoms with E-state index in [9.17, 15) is 17.6 Å². The summed E-state index contributed by atoms with van der Waals surface area (Å²) in [5, 5.41) is 3.82. The van der Waals surface area contributed by atoms with Crippen molar-refractivity contribution >= 4 is 27.8 Å². The van der Waals surface area contributed by atoms with Gasteiger partial charge in [0.1, 0.15) is 23.4 Å². The van der Waals surface area contributed by atoms with E-state index in [1.54, 1.807) is 36.4 Å². The zero-order chi connectivity index (χ0) is 23.1. The topological polar surface area (TPSA) is 88.1 Å². The lowest BCUT2D eigenvalue weighted by molar-refractivity contribution is -0.121. The molecule has 0 aliphatic carbocycles. The SMILES string of the molecule is C[C@H](C(=O)N/N=C\c1ccc(F)cc1)N(c1ccc(Oc2ccccc2)cc1)S(C)(=O)=O. The van der Waals surface area contributed by atoms with Crippen LogP contribution in [-0.2, 0) is 14.8 Å². The molecule has 0 radical (unpaired) electrons. The second-order valence-electron chi connectivity index (χ2n) is 6.93. The average Bonchev–Trinajstić information content (AvgIpc) is 2.76. The van der Waals surface area contributed by atoms with Gasteiger partial charge in [0.25, 0.3) is 5.91 Å². The molecule has 3 aromatic rings. The van der Waals surface area contributed by atoms with Gasteiger partial charge >= 0.3 is 0 Å². The highest BCUT2D eigenvalue weighted by Gasteiger charge is 2.29. The second-order valence-corrected chi connectivity index (χ2v) is 8.79. The van der Waals surface area contributed by atoms with Crippen molar-refractivity contribution in [3.63, 3.8) is 0 Å². The van der Waals surface area contributed by atoms with E-state index in [1.165, 1.54) is 37.4 Å². The Morgan fingerprint density at radius 1 is 1.00 bits per heavy atom. The number of hydrogen-bond donors (Lipinski definition) is 1. The van der Waals surface area contributed by atoms with Crippen molar-refractivity contribution in [3.8, 4) is 11.5 Å². The number of ether oxygens (including phenoxy) is 1. The lowest BCUT2D eigenvalue weighted by atomic mass is 10.2. The summed E-state index contributed by atoms with van der Waals surface area (Å²) in [4.78, 5) is 12.5. The maximum absolute atomic E-state index is 13.0. The van der Waals surface area contributed by atoms with Gasteiger partial charge in [0, 0.05) is 0 Å². The average molecular weight is 456 g/mol. The summed E-state index contributed by atoms with van der Waals surface area (Å²) in [5.41, 5.74) is 3.20. The van der Waals surface area contributed by atoms with Crippen LogP contribution < -0.4 is 14.5 Å². The number of rotatable bonds is 8. The van der Waals surface area contributed by atoms with E-state index in [-0.39, 0.29) is 5.82 Å². The van der Waals surface area contributed by atoms with E-state index < -0.39 is 22.0 Å². The first-order valence-corrected chi connectivity index (χ1v) is 11.5. The molecule has 1 atom stereocenters. The number of carbonyl (C=O) groups is 1. The molecule has 0 unspecified atom stereocenters. The Kier molecular flexibility index (Phi) is 7.21. The van der Waals surface area contributed by atoms with Crippen LogP contribution in [0.5, 0.6) is 11.5 Å². The number of sulfonamides is 1. The van der Waals surface area contributed by atoms with Gasteiger partial charge in [-0.1, -0.05) is 30.3 Å². The molecule has 0 aliphatic rings. The third-order valence-corrected chi connectivity index (χ3v) is 5.66. The zero-order valence-electron chi connectivity index (χ0n) is 17.5. The van der Waals surface area contributed by atoms with Crippen molar-refractivity contribution < 1.29 is 22.3 Å². The van der Waals surface area contributed by atoms with E-state index >= 15 is 0 Å². The number of nitrogens with zero attached hydrogens (tertiary/aromatic N) is 2. The van der Waals surface area contributed by atoms with Crippen LogP contribution in [0.25, 0.3) is 0 Å². The first-order valence-electron chi connectivity index (χ1n) is 9.65. The van der Waals surface area contributed by atoms with Crippen LogP contribution in [0.4, 0.5) is 10.1 Å². The van der Waals surface area contributed by atoms with Crippen molar-refractivity contribution in [2.45, 2.75) is 13.0 Å². The monoisotopic (exact) mass is 455 g/mol. The van der Waals surface area contributed by atoms with Crippen LogP contribution in [0.1, 0.15) is 12.5 Å². The number of anilines is 1. The van der Waals surface area contributed by atoms with Crippen molar-refractivity contribution in [1.29, 1.82) is 0 Å². The number of benzene rings is 3. The van der Waals surface area contributed by atoms with Crippen LogP contribution in [0.2, 0.25) is 0 Å². The van der Waals surface area contributed by atoms with Crippen molar-refractivity contribution in [1.82, 2.24) is 5.43 Å². The molecule has 1 amide bonds. The molecule has 166 valence electrons. The highest BCUT2D eigenvalue weighted by molar-refractivity contribution is 7.92. The minimum atomic E-state index is -3.78. The summed E-state index contributed by atoms with van der Waals surface area (Å²) in [5.74, 6) is 0.156. The molecular weight excluding hydrogens is 433 g/mol. The van der Waals surface area contributed by atoms with Gasteiger partial charge in [-0.25, -0.2) is 18.2 Å². The molecule has 1 N–H and O–H groups in total. The zero-order valence-corrected chi connectivity index (χ0v) is 18.3. The number of hydrogen-bond acceptors (Lipinski definition) is 5. The molecule has 9 heteroatoms. The van der Waals surface area contributed by atoms with Gasteiger partial charge in [-0.15, -0.1) is 0 Å². The molecule has 0 spiro atoms. The van der Waals surface area contributed by atoms with E-state index in [2.05, 4.69) is 10.5 Å². The minimum Gasteiger partial charge on any atom is -0.457 e. The molecule has 0 saturated heterocycles. The molecule has 3 aromatic carbocycles. The molecule has 3 rings (SSSR count). The summed E-state index contributed by atoms with van der Waals surface area (Å²) in [6.07, 6.45) is 2.36. The van der Waals surface area contributed by atoms with Crippen molar-refractivity contribution in [2.75, 3.05) is 10.6 Å². The quantitative estimate of drug-likeness (QED) is 0.412. The van der Waals surface area contributed by atoms with Crippen molar-refractivity contribution in [2.24, 2.45) is 5.10 Å². The molecule has 0 aromatic heterocycles. The Morgan fingerprint density at radius 3 is 2.19 bits per heavy atom. The molecule has 0 fully saturated rings. The fourth-order valence-electron chi connectivity index (χ4n) is 2.91. The molecule has 0 saturated carbocycles. The minimum absolute atomic E-state index is 0.304. The van der Waals surface area contributed by atoms with Gasteiger partial charge < -0.3 is 4.74 Å². The van der Waals surface area contributed by atoms with Gasteiger partial charge in [0.15, 0.2) is 0 Å². The molecule has 0 heterocycles. The largest absolute Gasteiger partial charge is 0.457 e. The second kappa shape index (κ2) is 10.1. The molecule has 0 aliphatic heterocycles. The Bertz CT molecular complexity index is 1180. The first-order chi connectivity index (χ1) is 15.2. The Hall–Kier alpha value is -3.72. The van der Waals surface area contributed by atoms with Crippen LogP contribution in [0, 0.1) is 5.82 Å². The fraction of sp³-hybridized carbons (Fsp3) is 0.130. The van der Waals surface area contributed by atoms with Gasteiger partial charge in [0.2, 0.25) is 10.0 Å². The van der Waals surface area contributed by atoms with E-state index in [0.717, 1.165) is 10.6 Å².